The minimum atomic E-state index is -0.486. The maximum atomic E-state index is 12.5. The summed E-state index contributed by atoms with van der Waals surface area (Å²) in [5, 5.41) is 6.55. The highest BCUT2D eigenvalue weighted by atomic mass is 35.5. The summed E-state index contributed by atoms with van der Waals surface area (Å²) in [6.45, 7) is 5.32. The molecule has 2 amide bonds. The van der Waals surface area contributed by atoms with E-state index in [0.29, 0.717) is 26.9 Å². The fourth-order valence-corrected chi connectivity index (χ4v) is 5.00. The number of thiophene rings is 1. The third kappa shape index (κ3) is 6.67. The predicted molar refractivity (Wildman–Crippen MR) is 140 cm³/mol. The van der Waals surface area contributed by atoms with E-state index in [1.54, 1.807) is 26.0 Å². The summed E-state index contributed by atoms with van der Waals surface area (Å²) in [5.41, 5.74) is 1.69. The van der Waals surface area contributed by atoms with Crippen LogP contribution in [0, 0.1) is 13.8 Å². The molecule has 3 rings (SSSR count). The topological polar surface area (TPSA) is 93.7 Å². The van der Waals surface area contributed by atoms with E-state index in [9.17, 15) is 14.4 Å². The van der Waals surface area contributed by atoms with Crippen LogP contribution >= 0.6 is 46.1 Å². The van der Waals surface area contributed by atoms with Crippen molar-refractivity contribution in [3.63, 3.8) is 0 Å². The van der Waals surface area contributed by atoms with Crippen molar-refractivity contribution in [1.82, 2.24) is 0 Å². The molecule has 0 fully saturated rings. The lowest BCUT2D eigenvalue weighted by Gasteiger charge is -2.11. The Kier molecular flexibility index (Phi) is 9.02. The number of hydrogen-bond donors (Lipinski definition) is 2. The normalized spacial score (nSPS) is 10.6. The number of aryl methyl sites for hydroxylation is 1. The Bertz CT molecular complexity index is 1250. The maximum Gasteiger partial charge on any atom is 0.341 e. The Hall–Kier alpha value is -2.78. The molecule has 2 N–H and O–H groups in total. The highest BCUT2D eigenvalue weighted by Crippen LogP contribution is 2.34. The van der Waals surface area contributed by atoms with Crippen molar-refractivity contribution in [2.75, 3.05) is 23.8 Å². The second-order valence-electron chi connectivity index (χ2n) is 7.27. The quantitative estimate of drug-likeness (QED) is 0.299. The van der Waals surface area contributed by atoms with Crippen LogP contribution in [0.5, 0.6) is 5.75 Å². The fourth-order valence-electron chi connectivity index (χ4n) is 3.03. The van der Waals surface area contributed by atoms with Crippen LogP contribution in [0.4, 0.5) is 10.7 Å². The molecule has 0 aliphatic heterocycles. The van der Waals surface area contributed by atoms with Gasteiger partial charge < -0.3 is 20.1 Å². The minimum Gasteiger partial charge on any atom is -0.484 e. The average molecular weight is 556 g/mol. The average Bonchev–Trinajstić information content (AvgIpc) is 3.07. The minimum absolute atomic E-state index is 0.212. The van der Waals surface area contributed by atoms with Crippen LogP contribution < -0.4 is 15.4 Å². The van der Waals surface area contributed by atoms with E-state index in [1.165, 1.54) is 35.6 Å². The van der Waals surface area contributed by atoms with E-state index in [2.05, 4.69) is 10.6 Å². The zero-order valence-corrected chi connectivity index (χ0v) is 22.0. The van der Waals surface area contributed by atoms with Crippen molar-refractivity contribution in [3.05, 3.63) is 73.0 Å². The number of rotatable bonds is 8. The van der Waals surface area contributed by atoms with E-state index >= 15 is 0 Å². The van der Waals surface area contributed by atoms with Crippen molar-refractivity contribution in [3.8, 4) is 5.75 Å². The number of nitrogens with one attached hydrogen (secondary N) is 2. The Morgan fingerprint density at radius 3 is 2.20 bits per heavy atom. The molecule has 0 spiro atoms. The second kappa shape index (κ2) is 11.8. The first kappa shape index (κ1) is 26.8. The second-order valence-corrected chi connectivity index (χ2v) is 9.74. The molecule has 0 atom stereocenters. The largest absolute Gasteiger partial charge is 0.484 e. The molecular weight excluding hydrogens is 535 g/mol. The first-order valence-corrected chi connectivity index (χ1v) is 12.3. The molecule has 3 aromatic rings. The van der Waals surface area contributed by atoms with Crippen molar-refractivity contribution >= 4 is 74.6 Å². The van der Waals surface area contributed by atoms with Gasteiger partial charge >= 0.3 is 5.97 Å². The van der Waals surface area contributed by atoms with Gasteiger partial charge in [0, 0.05) is 15.5 Å². The third-order valence-corrected chi connectivity index (χ3v) is 6.79. The third-order valence-electron chi connectivity index (χ3n) is 4.85. The molecule has 2 aromatic carbocycles. The smallest absolute Gasteiger partial charge is 0.341 e. The Balaban J connectivity index is 1.60. The highest BCUT2D eigenvalue weighted by molar-refractivity contribution is 7.16. The molecule has 11 heteroatoms. The first-order chi connectivity index (χ1) is 16.6. The van der Waals surface area contributed by atoms with Gasteiger partial charge in [0.25, 0.3) is 11.8 Å². The standard InChI is InChI=1S/C24H21Cl3N2O5S/c1-4-33-24(32)20-12(2)13(3)35-23(20)28-19(30)11-34-16-7-5-14(6-8-16)22(31)29-21-17(26)9-15(25)10-18(21)27/h5-10H,4,11H2,1-3H3,(H,28,30)(H,29,31). The van der Waals surface area contributed by atoms with Crippen LogP contribution in [0.25, 0.3) is 0 Å². The Labute approximate surface area is 221 Å². The molecule has 1 heterocycles. The Morgan fingerprint density at radius 2 is 1.60 bits per heavy atom. The zero-order valence-electron chi connectivity index (χ0n) is 19.0. The van der Waals surface area contributed by atoms with Gasteiger partial charge in [-0.1, -0.05) is 34.8 Å². The number of carbonyl (C=O) groups is 3. The van der Waals surface area contributed by atoms with Gasteiger partial charge in [-0.05, 0) is 62.7 Å². The fraction of sp³-hybridized carbons (Fsp3) is 0.208. The number of amides is 2. The zero-order chi connectivity index (χ0) is 25.7. The molecule has 0 aliphatic carbocycles. The van der Waals surface area contributed by atoms with Gasteiger partial charge in [-0.2, -0.15) is 0 Å². The molecular formula is C24H21Cl3N2O5S. The van der Waals surface area contributed by atoms with Gasteiger partial charge in [0.05, 0.1) is 27.9 Å². The molecule has 0 saturated carbocycles. The van der Waals surface area contributed by atoms with E-state index in [0.717, 1.165) is 10.4 Å². The molecule has 7 nitrogen and oxygen atoms in total. The van der Waals surface area contributed by atoms with Gasteiger partial charge in [0.15, 0.2) is 6.61 Å². The van der Waals surface area contributed by atoms with Crippen molar-refractivity contribution in [1.29, 1.82) is 0 Å². The number of benzene rings is 2. The van der Waals surface area contributed by atoms with Crippen LogP contribution in [-0.4, -0.2) is 31.0 Å². The SMILES string of the molecule is CCOC(=O)c1c(NC(=O)COc2ccc(C(=O)Nc3c(Cl)cc(Cl)cc3Cl)cc2)sc(C)c1C. The molecule has 184 valence electrons. The summed E-state index contributed by atoms with van der Waals surface area (Å²) in [4.78, 5) is 38.1. The number of hydrogen-bond acceptors (Lipinski definition) is 6. The van der Waals surface area contributed by atoms with Crippen LogP contribution in [0.2, 0.25) is 15.1 Å². The lowest BCUT2D eigenvalue weighted by molar-refractivity contribution is -0.118. The molecule has 0 saturated heterocycles. The summed E-state index contributed by atoms with van der Waals surface area (Å²) >= 11 is 19.4. The first-order valence-electron chi connectivity index (χ1n) is 10.4. The number of halogens is 3. The van der Waals surface area contributed by atoms with Gasteiger partial charge in [-0.25, -0.2) is 4.79 Å². The Morgan fingerprint density at radius 1 is 0.971 bits per heavy atom. The molecule has 0 aliphatic rings. The van der Waals surface area contributed by atoms with Crippen LogP contribution in [0.1, 0.15) is 38.1 Å². The molecule has 0 bridgehead atoms. The summed E-state index contributed by atoms with van der Waals surface area (Å²) in [5.74, 6) is -0.981. The maximum absolute atomic E-state index is 12.5. The summed E-state index contributed by atoms with van der Waals surface area (Å²) < 4.78 is 10.6. The molecule has 1 aromatic heterocycles. The predicted octanol–water partition coefficient (Wildman–Crippen LogP) is 6.77. The van der Waals surface area contributed by atoms with Gasteiger partial charge in [-0.3, -0.25) is 9.59 Å². The highest BCUT2D eigenvalue weighted by Gasteiger charge is 2.22. The molecule has 0 unspecified atom stereocenters. The summed E-state index contributed by atoms with van der Waals surface area (Å²) in [6.07, 6.45) is 0. The van der Waals surface area contributed by atoms with Crippen LogP contribution in [-0.2, 0) is 9.53 Å². The number of carbonyl (C=O) groups excluding carboxylic acids is 3. The summed E-state index contributed by atoms with van der Waals surface area (Å²) in [7, 11) is 0. The monoisotopic (exact) mass is 554 g/mol. The number of anilines is 2. The van der Waals surface area contributed by atoms with Gasteiger partial charge in [-0.15, -0.1) is 11.3 Å². The molecule has 0 radical (unpaired) electrons. The number of esters is 1. The van der Waals surface area contributed by atoms with Crippen molar-refractivity contribution in [2.45, 2.75) is 20.8 Å². The lowest BCUT2D eigenvalue weighted by Crippen LogP contribution is -2.21. The van der Waals surface area contributed by atoms with Crippen molar-refractivity contribution < 1.29 is 23.9 Å². The van der Waals surface area contributed by atoms with Gasteiger partial charge in [0.2, 0.25) is 0 Å². The van der Waals surface area contributed by atoms with E-state index in [4.69, 9.17) is 44.3 Å². The van der Waals surface area contributed by atoms with Crippen LogP contribution in [0.3, 0.4) is 0 Å². The summed E-state index contributed by atoms with van der Waals surface area (Å²) in [6, 6.07) is 9.12. The lowest BCUT2D eigenvalue weighted by atomic mass is 10.1. The van der Waals surface area contributed by atoms with E-state index < -0.39 is 17.8 Å². The van der Waals surface area contributed by atoms with Crippen LogP contribution in [0.15, 0.2) is 36.4 Å². The van der Waals surface area contributed by atoms with E-state index in [-0.39, 0.29) is 28.9 Å². The van der Waals surface area contributed by atoms with Crippen molar-refractivity contribution in [2.24, 2.45) is 0 Å². The molecule has 35 heavy (non-hydrogen) atoms. The number of ether oxygens (including phenoxy) is 2. The van der Waals surface area contributed by atoms with Gasteiger partial charge in [0.1, 0.15) is 10.8 Å². The van der Waals surface area contributed by atoms with E-state index in [1.807, 2.05) is 6.92 Å².